The number of nitrogens with zero attached hydrogens (tertiary/aromatic N) is 1. The van der Waals surface area contributed by atoms with Gasteiger partial charge >= 0.3 is 0 Å². The molecule has 1 saturated heterocycles. The number of carbonyl (C=O) groups excluding carboxylic acids is 2. The van der Waals surface area contributed by atoms with Gasteiger partial charge in [0.2, 0.25) is 5.91 Å². The van der Waals surface area contributed by atoms with Gasteiger partial charge in [-0.25, -0.2) is 0 Å². The molecule has 2 N–H and O–H groups in total. The van der Waals surface area contributed by atoms with Crippen LogP contribution in [0.2, 0.25) is 0 Å². The van der Waals surface area contributed by atoms with Gasteiger partial charge in [0, 0.05) is 41.4 Å². The van der Waals surface area contributed by atoms with Crippen LogP contribution >= 0.6 is 0 Å². The fourth-order valence-electron chi connectivity index (χ4n) is 4.19. The summed E-state index contributed by atoms with van der Waals surface area (Å²) < 4.78 is 0. The number of likely N-dealkylation sites (tertiary alicyclic amines) is 1. The summed E-state index contributed by atoms with van der Waals surface area (Å²) in [6.45, 7) is 13.3. The fourth-order valence-corrected chi connectivity index (χ4v) is 4.19. The summed E-state index contributed by atoms with van der Waals surface area (Å²) in [5.74, 6) is 0.146. The summed E-state index contributed by atoms with van der Waals surface area (Å²) in [7, 11) is 0. The molecule has 2 amide bonds. The lowest BCUT2D eigenvalue weighted by atomic mass is 9.78. The molecule has 0 aromatic heterocycles. The zero-order valence-corrected chi connectivity index (χ0v) is 20.2. The van der Waals surface area contributed by atoms with Crippen LogP contribution in [0.25, 0.3) is 0 Å². The van der Waals surface area contributed by atoms with Crippen LogP contribution in [0.5, 0.6) is 5.75 Å². The highest BCUT2D eigenvalue weighted by Crippen LogP contribution is 2.40. The number of aromatic hydroxyl groups is 1. The standard InChI is InChI=1S/C27H36N2O3/c1-26(2,3)21-16-19(17-22(23(21)30)27(4,5)6)25(32)29-14-12-18(13-15-29)24(31)28-20-10-8-7-9-11-20/h7-11,16-18,30H,12-15H2,1-6H3,(H,28,31). The Morgan fingerprint density at radius 2 is 1.41 bits per heavy atom. The second kappa shape index (κ2) is 8.97. The van der Waals surface area contributed by atoms with E-state index in [1.54, 1.807) is 0 Å². The largest absolute Gasteiger partial charge is 0.507 e. The van der Waals surface area contributed by atoms with Gasteiger partial charge in [0.25, 0.3) is 5.91 Å². The second-order valence-corrected chi connectivity index (χ2v) is 10.8. The Morgan fingerprint density at radius 3 is 1.88 bits per heavy atom. The highest BCUT2D eigenvalue weighted by Gasteiger charge is 2.31. The molecule has 0 aliphatic carbocycles. The highest BCUT2D eigenvalue weighted by atomic mass is 16.3. The van der Waals surface area contributed by atoms with Crippen molar-refractivity contribution in [2.75, 3.05) is 18.4 Å². The van der Waals surface area contributed by atoms with E-state index < -0.39 is 0 Å². The van der Waals surface area contributed by atoms with E-state index in [0.717, 1.165) is 16.8 Å². The third-order valence-electron chi connectivity index (χ3n) is 6.17. The molecule has 0 spiro atoms. The van der Waals surface area contributed by atoms with E-state index in [0.29, 0.717) is 31.5 Å². The van der Waals surface area contributed by atoms with Crippen LogP contribution in [0.3, 0.4) is 0 Å². The predicted molar refractivity (Wildman–Crippen MR) is 129 cm³/mol. The highest BCUT2D eigenvalue weighted by molar-refractivity contribution is 5.96. The van der Waals surface area contributed by atoms with Crippen molar-refractivity contribution in [3.63, 3.8) is 0 Å². The lowest BCUT2D eigenvalue weighted by Crippen LogP contribution is -2.41. The predicted octanol–water partition coefficient (Wildman–Crippen LogP) is 5.48. The van der Waals surface area contributed by atoms with Crippen molar-refractivity contribution < 1.29 is 14.7 Å². The molecule has 0 unspecified atom stereocenters. The topological polar surface area (TPSA) is 69.6 Å². The van der Waals surface area contributed by atoms with Gasteiger partial charge in [0.1, 0.15) is 5.75 Å². The normalized spacial score (nSPS) is 15.5. The average Bonchev–Trinajstić information content (AvgIpc) is 2.72. The molecule has 5 nitrogen and oxygen atoms in total. The summed E-state index contributed by atoms with van der Waals surface area (Å²) in [5.41, 5.74) is 2.39. The average molecular weight is 437 g/mol. The zero-order chi connectivity index (χ0) is 23.7. The van der Waals surface area contributed by atoms with Gasteiger partial charge in [-0.05, 0) is 47.9 Å². The molecule has 2 aromatic carbocycles. The van der Waals surface area contributed by atoms with E-state index in [-0.39, 0.29) is 34.3 Å². The molecule has 2 aromatic rings. The fraction of sp³-hybridized carbons (Fsp3) is 0.481. The van der Waals surface area contributed by atoms with Gasteiger partial charge in [-0.2, -0.15) is 0 Å². The van der Waals surface area contributed by atoms with Crippen LogP contribution in [-0.2, 0) is 15.6 Å². The molecule has 0 bridgehead atoms. The lowest BCUT2D eigenvalue weighted by Gasteiger charge is -2.33. The SMILES string of the molecule is CC(C)(C)c1cc(C(=O)N2CCC(C(=O)Nc3ccccc3)CC2)cc(C(C)(C)C)c1O. The smallest absolute Gasteiger partial charge is 0.253 e. The number of hydrogen-bond acceptors (Lipinski definition) is 3. The Balaban J connectivity index is 1.75. The molecule has 172 valence electrons. The van der Waals surface area contributed by atoms with Gasteiger partial charge in [0.15, 0.2) is 0 Å². The van der Waals surface area contributed by atoms with E-state index in [2.05, 4.69) is 5.32 Å². The maximum absolute atomic E-state index is 13.4. The minimum absolute atomic E-state index is 0.0120. The zero-order valence-electron chi connectivity index (χ0n) is 20.2. The van der Waals surface area contributed by atoms with Crippen LogP contribution in [0, 0.1) is 5.92 Å². The summed E-state index contributed by atoms with van der Waals surface area (Å²) in [6.07, 6.45) is 1.28. The van der Waals surface area contributed by atoms with Gasteiger partial charge in [-0.1, -0.05) is 59.7 Å². The molecular formula is C27H36N2O3. The van der Waals surface area contributed by atoms with Crippen molar-refractivity contribution in [3.8, 4) is 5.75 Å². The van der Waals surface area contributed by atoms with Crippen LogP contribution in [0.15, 0.2) is 42.5 Å². The lowest BCUT2D eigenvalue weighted by molar-refractivity contribution is -0.121. The van der Waals surface area contributed by atoms with Crippen LogP contribution in [0.1, 0.15) is 75.9 Å². The number of phenolic OH excluding ortho intramolecular Hbond substituents is 1. The summed E-state index contributed by atoms with van der Waals surface area (Å²) in [6, 6.07) is 13.1. The summed E-state index contributed by atoms with van der Waals surface area (Å²) in [5, 5.41) is 13.9. The first-order valence-electron chi connectivity index (χ1n) is 11.4. The van der Waals surface area contributed by atoms with Crippen LogP contribution < -0.4 is 5.32 Å². The van der Waals surface area contributed by atoms with E-state index in [1.165, 1.54) is 0 Å². The maximum Gasteiger partial charge on any atom is 0.253 e. The number of amides is 2. The molecule has 1 aliphatic heterocycles. The number of carbonyl (C=O) groups is 2. The van der Waals surface area contributed by atoms with E-state index in [9.17, 15) is 14.7 Å². The van der Waals surface area contributed by atoms with Crippen molar-refractivity contribution in [1.82, 2.24) is 4.90 Å². The second-order valence-electron chi connectivity index (χ2n) is 10.8. The van der Waals surface area contributed by atoms with Gasteiger partial charge in [-0.3, -0.25) is 9.59 Å². The Hall–Kier alpha value is -2.82. The first-order chi connectivity index (χ1) is 14.9. The Labute approximate surface area is 191 Å². The van der Waals surface area contributed by atoms with E-state index in [1.807, 2.05) is 88.9 Å². The monoisotopic (exact) mass is 436 g/mol. The molecule has 5 heteroatoms. The molecule has 0 atom stereocenters. The number of piperidine rings is 1. The minimum Gasteiger partial charge on any atom is -0.507 e. The molecule has 1 aliphatic rings. The maximum atomic E-state index is 13.4. The molecule has 0 saturated carbocycles. The molecule has 1 heterocycles. The third kappa shape index (κ3) is 5.32. The van der Waals surface area contributed by atoms with Crippen molar-refractivity contribution in [3.05, 3.63) is 59.2 Å². The Bertz CT molecular complexity index is 941. The number of para-hydroxylation sites is 1. The van der Waals surface area contributed by atoms with Crippen molar-refractivity contribution in [2.24, 2.45) is 5.92 Å². The molecule has 1 fully saturated rings. The van der Waals surface area contributed by atoms with E-state index in [4.69, 9.17) is 0 Å². The van der Waals surface area contributed by atoms with Gasteiger partial charge < -0.3 is 15.3 Å². The minimum atomic E-state index is -0.289. The third-order valence-corrected chi connectivity index (χ3v) is 6.17. The van der Waals surface area contributed by atoms with Crippen molar-refractivity contribution in [1.29, 1.82) is 0 Å². The van der Waals surface area contributed by atoms with Crippen molar-refractivity contribution >= 4 is 17.5 Å². The number of benzene rings is 2. The number of hydrogen-bond donors (Lipinski definition) is 2. The van der Waals surface area contributed by atoms with E-state index >= 15 is 0 Å². The Morgan fingerprint density at radius 1 is 0.906 bits per heavy atom. The number of anilines is 1. The van der Waals surface area contributed by atoms with Gasteiger partial charge in [-0.15, -0.1) is 0 Å². The summed E-state index contributed by atoms with van der Waals surface area (Å²) >= 11 is 0. The molecule has 3 rings (SSSR count). The van der Waals surface area contributed by atoms with Crippen LogP contribution in [0.4, 0.5) is 5.69 Å². The van der Waals surface area contributed by atoms with Gasteiger partial charge in [0.05, 0.1) is 0 Å². The molecule has 32 heavy (non-hydrogen) atoms. The number of rotatable bonds is 3. The number of nitrogens with one attached hydrogen (secondary N) is 1. The summed E-state index contributed by atoms with van der Waals surface area (Å²) in [4.78, 5) is 27.8. The molecular weight excluding hydrogens is 400 g/mol. The first kappa shape index (κ1) is 23.8. The number of phenols is 1. The van der Waals surface area contributed by atoms with Crippen LogP contribution in [-0.4, -0.2) is 34.9 Å². The first-order valence-corrected chi connectivity index (χ1v) is 11.4. The Kier molecular flexibility index (Phi) is 6.68. The molecule has 0 radical (unpaired) electrons. The van der Waals surface area contributed by atoms with Crippen molar-refractivity contribution in [2.45, 2.75) is 65.2 Å². The quantitative estimate of drug-likeness (QED) is 0.669.